The number of aryl methyl sites for hydroxylation is 1. The zero-order chi connectivity index (χ0) is 20.0. The van der Waals surface area contributed by atoms with Crippen LogP contribution < -0.4 is 5.56 Å². The van der Waals surface area contributed by atoms with Gasteiger partial charge in [0.15, 0.2) is 5.16 Å². The van der Waals surface area contributed by atoms with Crippen LogP contribution in [0.25, 0.3) is 28.1 Å². The summed E-state index contributed by atoms with van der Waals surface area (Å²) in [5.74, 6) is 1.78. The molecular weight excluding hydrogens is 412 g/mol. The van der Waals surface area contributed by atoms with Crippen LogP contribution in [0.5, 0.6) is 0 Å². The molecular formula is C19H13ClN6O2S. The van der Waals surface area contributed by atoms with E-state index in [1.165, 1.54) is 16.3 Å². The molecule has 0 atom stereocenters. The SMILES string of the molecule is Cn1c(=O)c2ccccc2n2c(SCc3nnc(-c4ccc(Cl)cc4)o3)nnc12. The number of hydrogen-bond donors (Lipinski definition) is 0. The number of halogens is 1. The Labute approximate surface area is 173 Å². The number of rotatable bonds is 4. The molecule has 0 radical (unpaired) electrons. The molecule has 8 nitrogen and oxygen atoms in total. The molecule has 0 fully saturated rings. The average molecular weight is 425 g/mol. The van der Waals surface area contributed by atoms with Crippen molar-refractivity contribution in [2.45, 2.75) is 10.9 Å². The number of thioether (sulfide) groups is 1. The zero-order valence-electron chi connectivity index (χ0n) is 15.1. The third-order valence-electron chi connectivity index (χ3n) is 4.48. The first-order valence-corrected chi connectivity index (χ1v) is 10.0. The highest BCUT2D eigenvalue weighted by molar-refractivity contribution is 7.98. The number of fused-ring (bicyclic) bond motifs is 3. The lowest BCUT2D eigenvalue weighted by Crippen LogP contribution is -2.20. The molecule has 5 aromatic rings. The lowest BCUT2D eigenvalue weighted by atomic mass is 10.2. The van der Waals surface area contributed by atoms with Gasteiger partial charge in [-0.05, 0) is 36.4 Å². The van der Waals surface area contributed by atoms with Gasteiger partial charge in [-0.15, -0.1) is 20.4 Å². The molecule has 0 spiro atoms. The summed E-state index contributed by atoms with van der Waals surface area (Å²) in [4.78, 5) is 12.5. The second kappa shape index (κ2) is 7.02. The van der Waals surface area contributed by atoms with Crippen LogP contribution in [0.2, 0.25) is 5.02 Å². The lowest BCUT2D eigenvalue weighted by Gasteiger charge is -2.06. The monoisotopic (exact) mass is 424 g/mol. The van der Waals surface area contributed by atoms with Crippen molar-refractivity contribution >= 4 is 40.0 Å². The van der Waals surface area contributed by atoms with Crippen LogP contribution in [-0.4, -0.2) is 29.4 Å². The second-order valence-electron chi connectivity index (χ2n) is 6.30. The number of hydrogen-bond acceptors (Lipinski definition) is 7. The molecule has 0 aliphatic rings. The largest absolute Gasteiger partial charge is 0.420 e. The molecule has 144 valence electrons. The standard InChI is InChI=1S/C19H13ClN6O2S/c1-25-17(27)13-4-2-3-5-14(13)26-18(25)23-24-19(26)29-10-15-21-22-16(28-15)11-6-8-12(20)9-7-11/h2-9H,10H2,1H3. The number of aromatic nitrogens is 6. The molecule has 0 aliphatic heterocycles. The minimum Gasteiger partial charge on any atom is -0.420 e. The predicted molar refractivity (Wildman–Crippen MR) is 110 cm³/mol. The van der Waals surface area contributed by atoms with Gasteiger partial charge in [0.05, 0.1) is 16.7 Å². The van der Waals surface area contributed by atoms with E-state index in [-0.39, 0.29) is 5.56 Å². The Hall–Kier alpha value is -3.17. The Morgan fingerprint density at radius 1 is 1.03 bits per heavy atom. The van der Waals surface area contributed by atoms with Crippen LogP contribution in [0.1, 0.15) is 5.89 Å². The lowest BCUT2D eigenvalue weighted by molar-refractivity contribution is 0.528. The molecule has 0 saturated heterocycles. The quantitative estimate of drug-likeness (QED) is 0.407. The van der Waals surface area contributed by atoms with E-state index in [1.807, 2.05) is 34.7 Å². The van der Waals surface area contributed by atoms with Gasteiger partial charge in [-0.3, -0.25) is 13.8 Å². The summed E-state index contributed by atoms with van der Waals surface area (Å²) >= 11 is 7.32. The van der Waals surface area contributed by atoms with E-state index in [9.17, 15) is 4.79 Å². The Balaban J connectivity index is 1.48. The molecule has 0 saturated carbocycles. The summed E-state index contributed by atoms with van der Waals surface area (Å²) in [6.45, 7) is 0. The predicted octanol–water partition coefficient (Wildman–Crippen LogP) is 3.58. The van der Waals surface area contributed by atoms with Crippen molar-refractivity contribution in [3.63, 3.8) is 0 Å². The first-order chi connectivity index (χ1) is 14.1. The summed E-state index contributed by atoms with van der Waals surface area (Å²) in [5, 5.41) is 18.5. The van der Waals surface area contributed by atoms with Crippen molar-refractivity contribution in [1.29, 1.82) is 0 Å². The number of benzene rings is 2. The number of nitrogens with zero attached hydrogens (tertiary/aromatic N) is 6. The maximum atomic E-state index is 12.5. The summed E-state index contributed by atoms with van der Waals surface area (Å²) in [7, 11) is 1.68. The first-order valence-electron chi connectivity index (χ1n) is 8.66. The summed E-state index contributed by atoms with van der Waals surface area (Å²) < 4.78 is 9.10. The highest BCUT2D eigenvalue weighted by Crippen LogP contribution is 2.26. The Bertz CT molecular complexity index is 1410. The van der Waals surface area contributed by atoms with Gasteiger partial charge in [0, 0.05) is 17.6 Å². The zero-order valence-corrected chi connectivity index (χ0v) is 16.7. The molecule has 0 amide bonds. The third-order valence-corrected chi connectivity index (χ3v) is 5.64. The average Bonchev–Trinajstić information content (AvgIpc) is 3.38. The Morgan fingerprint density at radius 3 is 2.66 bits per heavy atom. The Kier molecular flexibility index (Phi) is 4.33. The van der Waals surface area contributed by atoms with Crippen molar-refractivity contribution in [3.05, 3.63) is 69.8 Å². The molecule has 5 rings (SSSR count). The molecule has 0 aliphatic carbocycles. The highest BCUT2D eigenvalue weighted by Gasteiger charge is 2.16. The van der Waals surface area contributed by atoms with Crippen LogP contribution >= 0.6 is 23.4 Å². The van der Waals surface area contributed by atoms with E-state index in [1.54, 1.807) is 25.2 Å². The van der Waals surface area contributed by atoms with Gasteiger partial charge < -0.3 is 4.42 Å². The Morgan fingerprint density at radius 2 is 1.83 bits per heavy atom. The van der Waals surface area contributed by atoms with Crippen molar-refractivity contribution < 1.29 is 4.42 Å². The van der Waals surface area contributed by atoms with Crippen molar-refractivity contribution in [2.75, 3.05) is 0 Å². The van der Waals surface area contributed by atoms with Gasteiger partial charge in [-0.1, -0.05) is 35.5 Å². The maximum absolute atomic E-state index is 12.5. The van der Waals surface area contributed by atoms with Crippen LogP contribution in [0.3, 0.4) is 0 Å². The summed E-state index contributed by atoms with van der Waals surface area (Å²) in [5.41, 5.74) is 1.44. The molecule has 2 aromatic carbocycles. The normalized spacial score (nSPS) is 11.5. The van der Waals surface area contributed by atoms with Gasteiger partial charge in [0.1, 0.15) is 0 Å². The van der Waals surface area contributed by atoms with Crippen LogP contribution in [-0.2, 0) is 12.8 Å². The van der Waals surface area contributed by atoms with Gasteiger partial charge in [0.25, 0.3) is 5.56 Å². The van der Waals surface area contributed by atoms with E-state index in [0.29, 0.717) is 38.9 Å². The van der Waals surface area contributed by atoms with Crippen LogP contribution in [0, 0.1) is 0 Å². The van der Waals surface area contributed by atoms with Gasteiger partial charge >= 0.3 is 0 Å². The second-order valence-corrected chi connectivity index (χ2v) is 7.67. The van der Waals surface area contributed by atoms with E-state index in [4.69, 9.17) is 16.0 Å². The smallest absolute Gasteiger partial charge is 0.262 e. The van der Waals surface area contributed by atoms with Crippen molar-refractivity contribution in [2.24, 2.45) is 7.05 Å². The van der Waals surface area contributed by atoms with E-state index < -0.39 is 0 Å². The van der Waals surface area contributed by atoms with E-state index >= 15 is 0 Å². The summed E-state index contributed by atoms with van der Waals surface area (Å²) in [6.07, 6.45) is 0. The van der Waals surface area contributed by atoms with Crippen molar-refractivity contribution in [1.82, 2.24) is 29.4 Å². The van der Waals surface area contributed by atoms with Gasteiger partial charge in [-0.25, -0.2) is 0 Å². The first kappa shape index (κ1) is 17.9. The molecule has 0 N–H and O–H groups in total. The molecule has 3 aromatic heterocycles. The highest BCUT2D eigenvalue weighted by atomic mass is 35.5. The minimum atomic E-state index is -0.110. The summed E-state index contributed by atoms with van der Waals surface area (Å²) in [6, 6.07) is 14.6. The molecule has 29 heavy (non-hydrogen) atoms. The third kappa shape index (κ3) is 3.08. The fourth-order valence-corrected chi connectivity index (χ4v) is 3.95. The fourth-order valence-electron chi connectivity index (χ4n) is 3.05. The van der Waals surface area contributed by atoms with Crippen LogP contribution in [0.4, 0.5) is 0 Å². The fraction of sp³-hybridized carbons (Fsp3) is 0.105. The topological polar surface area (TPSA) is 91.1 Å². The number of para-hydroxylation sites is 1. The molecule has 10 heteroatoms. The minimum absolute atomic E-state index is 0.110. The molecule has 0 unspecified atom stereocenters. The van der Waals surface area contributed by atoms with E-state index in [0.717, 1.165) is 11.1 Å². The van der Waals surface area contributed by atoms with E-state index in [2.05, 4.69) is 20.4 Å². The molecule has 0 bridgehead atoms. The van der Waals surface area contributed by atoms with Gasteiger partial charge in [-0.2, -0.15) is 0 Å². The molecule has 3 heterocycles. The maximum Gasteiger partial charge on any atom is 0.262 e. The van der Waals surface area contributed by atoms with Gasteiger partial charge in [0.2, 0.25) is 17.6 Å². The van der Waals surface area contributed by atoms with Crippen molar-refractivity contribution in [3.8, 4) is 11.5 Å². The van der Waals surface area contributed by atoms with Crippen LogP contribution in [0.15, 0.2) is 62.9 Å².